The molecule has 0 heterocycles. The largest absolute Gasteiger partial charge is 0.371 e. The van der Waals surface area contributed by atoms with E-state index in [1.54, 1.807) is 0 Å². The topological polar surface area (TPSA) is 9.23 Å². The van der Waals surface area contributed by atoms with Crippen LogP contribution in [-0.2, 0) is 4.74 Å². The van der Waals surface area contributed by atoms with Gasteiger partial charge >= 0.3 is 0 Å². The smallest absolute Gasteiger partial charge is 0.0813 e. The maximum atomic E-state index is 7.03. The highest BCUT2D eigenvalue weighted by Crippen LogP contribution is 2.70. The van der Waals surface area contributed by atoms with Crippen molar-refractivity contribution in [3.05, 3.63) is 12.2 Å². The number of rotatable bonds is 2. The predicted molar refractivity (Wildman–Crippen MR) is 80.3 cm³/mol. The van der Waals surface area contributed by atoms with Crippen molar-refractivity contribution in [2.75, 3.05) is 0 Å². The molecule has 4 fully saturated rings. The van der Waals surface area contributed by atoms with E-state index < -0.39 is 0 Å². The molecule has 1 heteroatoms. The fourth-order valence-corrected chi connectivity index (χ4v) is 7.02. The number of allylic oxidation sites excluding steroid dienone is 1. The SMILES string of the molecule is CC1CC2CC1C1C3C=CC(C3)C21OC1CCCCC1. The molecule has 0 radical (unpaired) electrons. The van der Waals surface area contributed by atoms with Crippen LogP contribution in [0.3, 0.4) is 0 Å². The van der Waals surface area contributed by atoms with Crippen molar-refractivity contribution >= 4 is 0 Å². The Balaban J connectivity index is 1.49. The second-order valence-corrected chi connectivity index (χ2v) is 8.46. The Bertz CT molecular complexity index is 435. The Kier molecular flexibility index (Phi) is 2.53. The molecule has 7 unspecified atom stereocenters. The van der Waals surface area contributed by atoms with Crippen LogP contribution < -0.4 is 0 Å². The number of hydrogen-bond donors (Lipinski definition) is 0. The number of fused-ring (bicyclic) bond motifs is 9. The molecule has 7 atom stereocenters. The highest BCUT2D eigenvalue weighted by Gasteiger charge is 2.70. The second-order valence-electron chi connectivity index (χ2n) is 8.46. The van der Waals surface area contributed by atoms with Crippen molar-refractivity contribution in [2.45, 2.75) is 70.0 Å². The lowest BCUT2D eigenvalue weighted by molar-refractivity contribution is -0.174. The van der Waals surface area contributed by atoms with Crippen LogP contribution in [0.25, 0.3) is 0 Å². The van der Waals surface area contributed by atoms with Crippen molar-refractivity contribution in [2.24, 2.45) is 35.5 Å². The third-order valence-electron chi connectivity index (χ3n) is 7.64. The van der Waals surface area contributed by atoms with Gasteiger partial charge in [0.05, 0.1) is 11.7 Å². The molecule has 0 aromatic heterocycles. The Hall–Kier alpha value is -0.300. The summed E-state index contributed by atoms with van der Waals surface area (Å²) in [5.74, 6) is 5.33. The van der Waals surface area contributed by atoms with Gasteiger partial charge in [0.25, 0.3) is 0 Å². The first-order valence-corrected chi connectivity index (χ1v) is 9.15. The highest BCUT2D eigenvalue weighted by atomic mass is 16.5. The van der Waals surface area contributed by atoms with Gasteiger partial charge in [-0.25, -0.2) is 0 Å². The van der Waals surface area contributed by atoms with E-state index in [0.717, 1.165) is 35.5 Å². The van der Waals surface area contributed by atoms with Crippen LogP contribution in [0.5, 0.6) is 0 Å². The summed E-state index contributed by atoms with van der Waals surface area (Å²) in [7, 11) is 0. The molecule has 1 nitrogen and oxygen atoms in total. The standard InChI is InChI=1S/C19H28O/c1-12-9-15-11-17(12)18-13-7-8-14(10-13)19(15,18)20-16-5-3-2-4-6-16/h7-8,12-18H,2-6,9-11H2,1H3. The van der Waals surface area contributed by atoms with Gasteiger partial charge in [-0.2, -0.15) is 0 Å². The summed E-state index contributed by atoms with van der Waals surface area (Å²) in [4.78, 5) is 0. The van der Waals surface area contributed by atoms with Crippen molar-refractivity contribution in [3.8, 4) is 0 Å². The number of ether oxygens (including phenoxy) is 1. The van der Waals surface area contributed by atoms with Gasteiger partial charge in [-0.15, -0.1) is 0 Å². The Morgan fingerprint density at radius 1 is 1.00 bits per heavy atom. The maximum absolute atomic E-state index is 7.03. The molecule has 0 aromatic carbocycles. The monoisotopic (exact) mass is 272 g/mol. The first-order valence-electron chi connectivity index (χ1n) is 9.15. The second kappa shape index (κ2) is 4.12. The summed E-state index contributed by atoms with van der Waals surface area (Å²) in [6.07, 6.45) is 16.9. The van der Waals surface area contributed by atoms with E-state index >= 15 is 0 Å². The first kappa shape index (κ1) is 12.3. The van der Waals surface area contributed by atoms with Crippen molar-refractivity contribution in [3.63, 3.8) is 0 Å². The lowest BCUT2D eigenvalue weighted by atomic mass is 9.66. The predicted octanol–water partition coefficient (Wildman–Crippen LogP) is 4.57. The lowest BCUT2D eigenvalue weighted by Gasteiger charge is -2.49. The lowest BCUT2D eigenvalue weighted by Crippen LogP contribution is -2.52. The molecule has 4 bridgehead atoms. The van der Waals surface area contributed by atoms with Crippen molar-refractivity contribution in [1.29, 1.82) is 0 Å². The number of hydrogen-bond acceptors (Lipinski definition) is 1. The van der Waals surface area contributed by atoms with Crippen LogP contribution in [0.15, 0.2) is 12.2 Å². The van der Waals surface area contributed by atoms with Crippen LogP contribution in [0.2, 0.25) is 0 Å². The van der Waals surface area contributed by atoms with Gasteiger partial charge in [0.15, 0.2) is 0 Å². The van der Waals surface area contributed by atoms with Crippen LogP contribution >= 0.6 is 0 Å². The molecule has 0 spiro atoms. The molecule has 5 rings (SSSR count). The van der Waals surface area contributed by atoms with Crippen LogP contribution in [0.1, 0.15) is 58.3 Å². The van der Waals surface area contributed by atoms with Crippen molar-refractivity contribution in [1.82, 2.24) is 0 Å². The minimum Gasteiger partial charge on any atom is -0.371 e. The Morgan fingerprint density at radius 2 is 1.85 bits per heavy atom. The zero-order valence-electron chi connectivity index (χ0n) is 12.8. The van der Waals surface area contributed by atoms with E-state index in [0.29, 0.717) is 11.7 Å². The van der Waals surface area contributed by atoms with Crippen LogP contribution in [-0.4, -0.2) is 11.7 Å². The third kappa shape index (κ3) is 1.39. The van der Waals surface area contributed by atoms with Crippen LogP contribution in [0, 0.1) is 35.5 Å². The molecule has 0 amide bonds. The average molecular weight is 272 g/mol. The normalized spacial score (nSPS) is 56.6. The summed E-state index contributed by atoms with van der Waals surface area (Å²) in [6, 6.07) is 0. The summed E-state index contributed by atoms with van der Waals surface area (Å²) in [5, 5.41) is 0. The molecule has 5 aliphatic carbocycles. The fourth-order valence-electron chi connectivity index (χ4n) is 7.02. The van der Waals surface area contributed by atoms with E-state index in [1.807, 2.05) is 0 Å². The summed E-state index contributed by atoms with van der Waals surface area (Å²) in [6.45, 7) is 2.50. The fraction of sp³-hybridized carbons (Fsp3) is 0.895. The molecule has 4 saturated carbocycles. The average Bonchev–Trinajstić information content (AvgIpc) is 3.17. The third-order valence-corrected chi connectivity index (χ3v) is 7.64. The molecule has 20 heavy (non-hydrogen) atoms. The zero-order valence-corrected chi connectivity index (χ0v) is 12.8. The van der Waals surface area contributed by atoms with E-state index in [1.165, 1.54) is 51.4 Å². The molecule has 110 valence electrons. The van der Waals surface area contributed by atoms with Crippen molar-refractivity contribution < 1.29 is 4.74 Å². The molecular weight excluding hydrogens is 244 g/mol. The van der Waals surface area contributed by atoms with E-state index in [2.05, 4.69) is 19.1 Å². The van der Waals surface area contributed by atoms with Gasteiger partial charge in [0.1, 0.15) is 0 Å². The Morgan fingerprint density at radius 3 is 2.70 bits per heavy atom. The van der Waals surface area contributed by atoms with Gasteiger partial charge in [-0.3, -0.25) is 0 Å². The first-order chi connectivity index (χ1) is 9.79. The van der Waals surface area contributed by atoms with Gasteiger partial charge in [0.2, 0.25) is 0 Å². The van der Waals surface area contributed by atoms with Crippen LogP contribution in [0.4, 0.5) is 0 Å². The van der Waals surface area contributed by atoms with Gasteiger partial charge in [0, 0.05) is 5.92 Å². The summed E-state index contributed by atoms with van der Waals surface area (Å²) < 4.78 is 7.03. The maximum Gasteiger partial charge on any atom is 0.0813 e. The van der Waals surface area contributed by atoms with Gasteiger partial charge < -0.3 is 4.74 Å². The quantitative estimate of drug-likeness (QED) is 0.528. The molecule has 0 saturated heterocycles. The van der Waals surface area contributed by atoms with Gasteiger partial charge in [-0.05, 0) is 61.7 Å². The molecule has 5 aliphatic rings. The van der Waals surface area contributed by atoms with E-state index in [4.69, 9.17) is 4.74 Å². The molecular formula is C19H28O. The van der Waals surface area contributed by atoms with E-state index in [-0.39, 0.29) is 0 Å². The highest BCUT2D eigenvalue weighted by molar-refractivity contribution is 5.28. The molecule has 0 aromatic rings. The minimum atomic E-state index is 0.290. The minimum absolute atomic E-state index is 0.290. The Labute approximate surface area is 123 Å². The summed E-state index contributed by atoms with van der Waals surface area (Å²) >= 11 is 0. The molecule has 0 N–H and O–H groups in total. The zero-order chi connectivity index (χ0) is 13.3. The van der Waals surface area contributed by atoms with Gasteiger partial charge in [-0.1, -0.05) is 38.3 Å². The summed E-state index contributed by atoms with van der Waals surface area (Å²) in [5.41, 5.74) is 0.290. The van der Waals surface area contributed by atoms with E-state index in [9.17, 15) is 0 Å². The molecule has 0 aliphatic heterocycles.